The highest BCUT2D eigenvalue weighted by Crippen LogP contribution is 2.04. The molecule has 2 nitrogen and oxygen atoms in total. The highest BCUT2D eigenvalue weighted by Gasteiger charge is 1.91. The maximum absolute atomic E-state index is 4.94. The number of hydrogen-bond donors (Lipinski definition) is 0. The van der Waals surface area contributed by atoms with Crippen LogP contribution in [-0.4, -0.2) is 11.2 Å². The third-order valence-corrected chi connectivity index (χ3v) is 1.29. The van der Waals surface area contributed by atoms with Crippen LogP contribution < -0.4 is 0 Å². The highest BCUT2D eigenvalue weighted by atomic mass is 32.2. The minimum absolute atomic E-state index is 0.803. The van der Waals surface area contributed by atoms with E-state index in [2.05, 4.69) is 4.98 Å². The first-order valence-corrected chi connectivity index (χ1v) is 3.70. The second kappa shape index (κ2) is 2.77. The lowest BCUT2D eigenvalue weighted by atomic mass is 10.8. The van der Waals surface area contributed by atoms with Crippen LogP contribution in [0.2, 0.25) is 0 Å². The smallest absolute Gasteiger partial charge is 0.203 e. The van der Waals surface area contributed by atoms with Crippen LogP contribution in [0.1, 0.15) is 5.89 Å². The zero-order valence-corrected chi connectivity index (χ0v) is 5.44. The monoisotopic (exact) mass is 129 g/mol. The summed E-state index contributed by atoms with van der Waals surface area (Å²) in [6.45, 7) is 0. The molecule has 0 atom stereocenters. The van der Waals surface area contributed by atoms with Gasteiger partial charge in [-0.2, -0.15) is 11.8 Å². The van der Waals surface area contributed by atoms with Gasteiger partial charge < -0.3 is 4.42 Å². The molecule has 1 aromatic heterocycles. The standard InChI is InChI=1S/C5H7NOS/c1-8-4-5-6-2-3-7-5/h2-3H,4H2,1H3. The van der Waals surface area contributed by atoms with E-state index in [9.17, 15) is 0 Å². The fourth-order valence-corrected chi connectivity index (χ4v) is 0.837. The Labute approximate surface area is 52.3 Å². The molecule has 1 rings (SSSR count). The molecular formula is C5H7NOS. The van der Waals surface area contributed by atoms with Crippen LogP contribution in [-0.2, 0) is 5.75 Å². The largest absolute Gasteiger partial charge is 0.448 e. The summed E-state index contributed by atoms with van der Waals surface area (Å²) in [6, 6.07) is 0. The predicted molar refractivity (Wildman–Crippen MR) is 33.7 cm³/mol. The second-order valence-corrected chi connectivity index (χ2v) is 2.22. The van der Waals surface area contributed by atoms with Gasteiger partial charge in [0.2, 0.25) is 5.89 Å². The van der Waals surface area contributed by atoms with E-state index >= 15 is 0 Å². The lowest BCUT2D eigenvalue weighted by molar-refractivity contribution is 0.517. The van der Waals surface area contributed by atoms with Crippen LogP contribution in [0.5, 0.6) is 0 Å². The van der Waals surface area contributed by atoms with Crippen molar-refractivity contribution in [3.8, 4) is 0 Å². The fraction of sp³-hybridized carbons (Fsp3) is 0.400. The molecule has 0 amide bonds. The molecule has 8 heavy (non-hydrogen) atoms. The van der Waals surface area contributed by atoms with E-state index in [4.69, 9.17) is 4.42 Å². The number of nitrogens with zero attached hydrogens (tertiary/aromatic N) is 1. The van der Waals surface area contributed by atoms with Gasteiger partial charge in [0.25, 0.3) is 0 Å². The number of rotatable bonds is 2. The van der Waals surface area contributed by atoms with Gasteiger partial charge in [0.15, 0.2) is 0 Å². The van der Waals surface area contributed by atoms with Crippen LogP contribution in [0.4, 0.5) is 0 Å². The molecule has 0 saturated heterocycles. The van der Waals surface area contributed by atoms with Crippen LogP contribution in [0.15, 0.2) is 16.9 Å². The molecule has 0 N–H and O–H groups in total. The summed E-state index contributed by atoms with van der Waals surface area (Å²) in [5.41, 5.74) is 0. The molecule has 1 heterocycles. The molecule has 0 fully saturated rings. The third-order valence-electron chi connectivity index (χ3n) is 0.751. The summed E-state index contributed by atoms with van der Waals surface area (Å²) in [7, 11) is 0. The first-order chi connectivity index (χ1) is 3.93. The normalized spacial score (nSPS) is 9.62. The van der Waals surface area contributed by atoms with E-state index < -0.39 is 0 Å². The lowest BCUT2D eigenvalue weighted by Gasteiger charge is -1.84. The lowest BCUT2D eigenvalue weighted by Crippen LogP contribution is -1.74. The van der Waals surface area contributed by atoms with Crippen LogP contribution in [0.25, 0.3) is 0 Å². The minimum Gasteiger partial charge on any atom is -0.448 e. The predicted octanol–water partition coefficient (Wildman–Crippen LogP) is 1.54. The SMILES string of the molecule is CSCc1ncco1. The first-order valence-electron chi connectivity index (χ1n) is 2.31. The maximum Gasteiger partial charge on any atom is 0.203 e. The summed E-state index contributed by atoms with van der Waals surface area (Å²) in [4.78, 5) is 3.92. The van der Waals surface area contributed by atoms with E-state index in [0.717, 1.165) is 11.6 Å². The van der Waals surface area contributed by atoms with Gasteiger partial charge in [-0.15, -0.1) is 0 Å². The average Bonchev–Trinajstić information content (AvgIpc) is 2.19. The Balaban J connectivity index is 2.50. The topological polar surface area (TPSA) is 26.0 Å². The van der Waals surface area contributed by atoms with E-state index in [-0.39, 0.29) is 0 Å². The molecule has 0 spiro atoms. The zero-order chi connectivity index (χ0) is 5.82. The Morgan fingerprint density at radius 2 is 2.75 bits per heavy atom. The number of hydrogen-bond acceptors (Lipinski definition) is 3. The van der Waals surface area contributed by atoms with Crippen LogP contribution >= 0.6 is 11.8 Å². The van der Waals surface area contributed by atoms with Gasteiger partial charge in [0.1, 0.15) is 6.26 Å². The quantitative estimate of drug-likeness (QED) is 0.605. The van der Waals surface area contributed by atoms with Crippen molar-refractivity contribution in [3.63, 3.8) is 0 Å². The Morgan fingerprint density at radius 3 is 3.25 bits per heavy atom. The molecule has 0 aromatic carbocycles. The Bertz CT molecular complexity index is 138. The molecule has 0 saturated carbocycles. The molecule has 0 aliphatic carbocycles. The van der Waals surface area contributed by atoms with E-state index in [0.29, 0.717) is 0 Å². The Hall–Kier alpha value is -0.440. The van der Waals surface area contributed by atoms with Crippen molar-refractivity contribution in [1.29, 1.82) is 0 Å². The van der Waals surface area contributed by atoms with Gasteiger partial charge in [-0.25, -0.2) is 4.98 Å². The number of oxazole rings is 1. The summed E-state index contributed by atoms with van der Waals surface area (Å²) < 4.78 is 4.94. The average molecular weight is 129 g/mol. The second-order valence-electron chi connectivity index (χ2n) is 1.36. The fourth-order valence-electron chi connectivity index (χ4n) is 0.448. The highest BCUT2D eigenvalue weighted by molar-refractivity contribution is 7.97. The summed E-state index contributed by atoms with van der Waals surface area (Å²) in [6.07, 6.45) is 5.27. The van der Waals surface area contributed by atoms with Gasteiger partial charge in [0, 0.05) is 0 Å². The number of thioether (sulfide) groups is 1. The molecule has 0 aliphatic heterocycles. The molecule has 44 valence electrons. The van der Waals surface area contributed by atoms with E-state index in [1.807, 2.05) is 6.26 Å². The van der Waals surface area contributed by atoms with Crippen molar-refractivity contribution in [2.45, 2.75) is 5.75 Å². The van der Waals surface area contributed by atoms with Gasteiger partial charge in [-0.05, 0) is 6.26 Å². The van der Waals surface area contributed by atoms with Crippen molar-refractivity contribution in [3.05, 3.63) is 18.4 Å². The molecule has 1 aromatic rings. The Kier molecular flexibility index (Phi) is 1.97. The maximum atomic E-state index is 4.94. The Morgan fingerprint density at radius 1 is 1.88 bits per heavy atom. The van der Waals surface area contributed by atoms with Crippen molar-refractivity contribution in [2.75, 3.05) is 6.26 Å². The summed E-state index contributed by atoms with van der Waals surface area (Å²) in [5, 5.41) is 0. The van der Waals surface area contributed by atoms with E-state index in [1.165, 1.54) is 0 Å². The zero-order valence-electron chi connectivity index (χ0n) is 4.63. The van der Waals surface area contributed by atoms with E-state index in [1.54, 1.807) is 24.2 Å². The molecule has 3 heteroatoms. The third kappa shape index (κ3) is 1.26. The molecular weight excluding hydrogens is 122 g/mol. The van der Waals surface area contributed by atoms with Crippen molar-refractivity contribution < 1.29 is 4.42 Å². The molecule has 0 aliphatic rings. The van der Waals surface area contributed by atoms with Crippen LogP contribution in [0, 0.1) is 0 Å². The van der Waals surface area contributed by atoms with Crippen molar-refractivity contribution in [1.82, 2.24) is 4.98 Å². The molecule has 0 bridgehead atoms. The first kappa shape index (κ1) is 5.69. The van der Waals surface area contributed by atoms with Crippen molar-refractivity contribution >= 4 is 11.8 Å². The van der Waals surface area contributed by atoms with Crippen molar-refractivity contribution in [2.24, 2.45) is 0 Å². The molecule has 0 unspecified atom stereocenters. The van der Waals surface area contributed by atoms with Gasteiger partial charge >= 0.3 is 0 Å². The van der Waals surface area contributed by atoms with Gasteiger partial charge in [0.05, 0.1) is 11.9 Å². The molecule has 0 radical (unpaired) electrons. The summed E-state index contributed by atoms with van der Waals surface area (Å²) in [5.74, 6) is 1.67. The van der Waals surface area contributed by atoms with Gasteiger partial charge in [-0.1, -0.05) is 0 Å². The van der Waals surface area contributed by atoms with Gasteiger partial charge in [-0.3, -0.25) is 0 Å². The minimum atomic E-state index is 0.803. The number of aromatic nitrogens is 1. The van der Waals surface area contributed by atoms with Crippen LogP contribution in [0.3, 0.4) is 0 Å². The summed E-state index contributed by atoms with van der Waals surface area (Å²) >= 11 is 1.70.